The molecule has 1 aliphatic carbocycles. The van der Waals surface area contributed by atoms with E-state index in [1.165, 1.54) is 69.4 Å². The van der Waals surface area contributed by atoms with Crippen LogP contribution < -0.4 is 0 Å². The van der Waals surface area contributed by atoms with Gasteiger partial charge < -0.3 is 0 Å². The normalized spacial score (nSPS) is 23.5. The molecule has 0 spiro atoms. The molecule has 1 saturated carbocycles. The van der Waals surface area contributed by atoms with E-state index in [-0.39, 0.29) is 5.95 Å². The Kier molecular flexibility index (Phi) is 5.81. The van der Waals surface area contributed by atoms with Crippen LogP contribution >= 0.6 is 0 Å². The molecule has 19 heavy (non-hydrogen) atoms. The number of unbranched alkanes of at least 4 members (excludes halogenated alkanes) is 3. The van der Waals surface area contributed by atoms with E-state index >= 15 is 0 Å². The maximum Gasteiger partial charge on any atom is 0.212 e. The van der Waals surface area contributed by atoms with Crippen molar-refractivity contribution in [2.75, 3.05) is 0 Å². The smallest absolute Gasteiger partial charge is 0.212 e. The molecule has 1 nitrogen and oxygen atoms in total. The Balaban J connectivity index is 1.71. The van der Waals surface area contributed by atoms with Gasteiger partial charge in [-0.1, -0.05) is 45.1 Å². The summed E-state index contributed by atoms with van der Waals surface area (Å²) in [5.74, 6) is 1.18. The predicted octanol–water partition coefficient (Wildman–Crippen LogP) is 5.46. The van der Waals surface area contributed by atoms with Crippen molar-refractivity contribution in [2.24, 2.45) is 5.92 Å². The lowest BCUT2D eigenvalue weighted by molar-refractivity contribution is 0.301. The maximum absolute atomic E-state index is 12.8. The van der Waals surface area contributed by atoms with E-state index in [0.29, 0.717) is 5.92 Å². The highest BCUT2D eigenvalue weighted by Crippen LogP contribution is 2.37. The van der Waals surface area contributed by atoms with Gasteiger partial charge >= 0.3 is 0 Å². The average Bonchev–Trinajstić information content (AvgIpc) is 2.45. The fraction of sp³-hybridized carbons (Fsp3) is 0.706. The summed E-state index contributed by atoms with van der Waals surface area (Å²) < 4.78 is 12.8. The Morgan fingerprint density at radius 1 is 1.11 bits per heavy atom. The summed E-state index contributed by atoms with van der Waals surface area (Å²) in [5.41, 5.74) is 1.23. The monoisotopic (exact) mass is 263 g/mol. The zero-order valence-corrected chi connectivity index (χ0v) is 12.1. The summed E-state index contributed by atoms with van der Waals surface area (Å²) in [6, 6.07) is 3.40. The fourth-order valence-electron chi connectivity index (χ4n) is 3.27. The number of pyridine rings is 1. The number of rotatable bonds is 6. The van der Waals surface area contributed by atoms with E-state index in [2.05, 4.69) is 11.9 Å². The third-order valence-electron chi connectivity index (χ3n) is 4.53. The van der Waals surface area contributed by atoms with Crippen molar-refractivity contribution in [1.82, 2.24) is 4.98 Å². The molecule has 1 aromatic heterocycles. The van der Waals surface area contributed by atoms with Crippen LogP contribution in [-0.2, 0) is 0 Å². The Labute approximate surface area is 116 Å². The van der Waals surface area contributed by atoms with Crippen LogP contribution in [0.3, 0.4) is 0 Å². The molecular formula is C17H26FN. The number of aromatic nitrogens is 1. The molecule has 2 heteroatoms. The second-order valence-corrected chi connectivity index (χ2v) is 5.98. The second-order valence-electron chi connectivity index (χ2n) is 5.98. The molecule has 0 unspecified atom stereocenters. The molecule has 0 aromatic carbocycles. The number of hydrogen-bond acceptors (Lipinski definition) is 1. The van der Waals surface area contributed by atoms with Gasteiger partial charge in [-0.3, -0.25) is 0 Å². The summed E-state index contributed by atoms with van der Waals surface area (Å²) in [5, 5.41) is 0. The van der Waals surface area contributed by atoms with Crippen molar-refractivity contribution in [3.63, 3.8) is 0 Å². The van der Waals surface area contributed by atoms with E-state index in [4.69, 9.17) is 0 Å². The predicted molar refractivity (Wildman–Crippen MR) is 77.7 cm³/mol. The largest absolute Gasteiger partial charge is 0.228 e. The molecule has 2 rings (SSSR count). The lowest BCUT2D eigenvalue weighted by Crippen LogP contribution is -2.13. The molecule has 1 heterocycles. The molecule has 0 N–H and O–H groups in total. The first-order valence-corrected chi connectivity index (χ1v) is 7.91. The molecule has 1 aliphatic rings. The van der Waals surface area contributed by atoms with E-state index in [9.17, 15) is 4.39 Å². The summed E-state index contributed by atoms with van der Waals surface area (Å²) >= 11 is 0. The van der Waals surface area contributed by atoms with Gasteiger partial charge in [0.25, 0.3) is 0 Å². The van der Waals surface area contributed by atoms with Gasteiger partial charge in [-0.25, -0.2) is 4.98 Å². The van der Waals surface area contributed by atoms with Gasteiger partial charge in [0.05, 0.1) is 0 Å². The number of hydrogen-bond donors (Lipinski definition) is 0. The first-order valence-electron chi connectivity index (χ1n) is 7.91. The van der Waals surface area contributed by atoms with Crippen LogP contribution in [0.4, 0.5) is 4.39 Å². The third-order valence-corrected chi connectivity index (χ3v) is 4.53. The Morgan fingerprint density at radius 2 is 1.89 bits per heavy atom. The minimum absolute atomic E-state index is 0.367. The van der Waals surface area contributed by atoms with Gasteiger partial charge in [0.15, 0.2) is 0 Å². The summed E-state index contributed by atoms with van der Waals surface area (Å²) in [6.45, 7) is 2.27. The van der Waals surface area contributed by atoms with Crippen molar-refractivity contribution >= 4 is 0 Å². The zero-order valence-electron chi connectivity index (χ0n) is 12.1. The van der Waals surface area contributed by atoms with Crippen LogP contribution in [-0.4, -0.2) is 4.98 Å². The molecular weight excluding hydrogens is 237 g/mol. The van der Waals surface area contributed by atoms with Gasteiger partial charge in [-0.05, 0) is 49.1 Å². The summed E-state index contributed by atoms with van der Waals surface area (Å²) in [6.07, 6.45) is 13.8. The lowest BCUT2D eigenvalue weighted by Gasteiger charge is -2.28. The Morgan fingerprint density at radius 3 is 2.53 bits per heavy atom. The van der Waals surface area contributed by atoms with Crippen LogP contribution in [0.15, 0.2) is 18.3 Å². The quantitative estimate of drug-likeness (QED) is 0.490. The van der Waals surface area contributed by atoms with Crippen LogP contribution in [0, 0.1) is 11.9 Å². The van der Waals surface area contributed by atoms with Crippen molar-refractivity contribution in [3.05, 3.63) is 29.8 Å². The highest BCUT2D eigenvalue weighted by atomic mass is 19.1. The zero-order chi connectivity index (χ0) is 13.5. The Bertz CT molecular complexity index is 352. The van der Waals surface area contributed by atoms with Crippen molar-refractivity contribution in [3.8, 4) is 0 Å². The molecule has 0 amide bonds. The van der Waals surface area contributed by atoms with Crippen LogP contribution in [0.5, 0.6) is 0 Å². The van der Waals surface area contributed by atoms with Gasteiger partial charge in [-0.2, -0.15) is 4.39 Å². The molecule has 0 radical (unpaired) electrons. The van der Waals surface area contributed by atoms with Crippen molar-refractivity contribution < 1.29 is 4.39 Å². The maximum atomic E-state index is 12.8. The minimum atomic E-state index is -0.367. The minimum Gasteiger partial charge on any atom is -0.228 e. The molecule has 1 fully saturated rings. The van der Waals surface area contributed by atoms with Gasteiger partial charge in [0.2, 0.25) is 5.95 Å². The highest BCUT2D eigenvalue weighted by molar-refractivity contribution is 5.15. The van der Waals surface area contributed by atoms with E-state index in [0.717, 1.165) is 5.92 Å². The van der Waals surface area contributed by atoms with Crippen molar-refractivity contribution in [1.29, 1.82) is 0 Å². The van der Waals surface area contributed by atoms with Crippen LogP contribution in [0.2, 0.25) is 0 Å². The first-order chi connectivity index (χ1) is 9.29. The Hall–Kier alpha value is -0.920. The molecule has 0 atom stereocenters. The fourth-order valence-corrected chi connectivity index (χ4v) is 3.27. The number of nitrogens with zero attached hydrogens (tertiary/aromatic N) is 1. The first kappa shape index (κ1) is 14.5. The van der Waals surface area contributed by atoms with Crippen molar-refractivity contribution in [2.45, 2.75) is 70.6 Å². The molecule has 106 valence electrons. The van der Waals surface area contributed by atoms with Gasteiger partial charge in [-0.15, -0.1) is 0 Å². The SMILES string of the molecule is CCCCCC[C@H]1CC[C@H](c2ccc(F)nc2)CC1. The molecule has 0 aliphatic heterocycles. The second kappa shape index (κ2) is 7.62. The van der Waals surface area contributed by atoms with E-state index in [1.807, 2.05) is 6.07 Å². The van der Waals surface area contributed by atoms with Gasteiger partial charge in [0, 0.05) is 6.20 Å². The molecule has 0 bridgehead atoms. The van der Waals surface area contributed by atoms with E-state index < -0.39 is 0 Å². The third kappa shape index (κ3) is 4.59. The van der Waals surface area contributed by atoms with Gasteiger partial charge in [0.1, 0.15) is 0 Å². The topological polar surface area (TPSA) is 12.9 Å². The average molecular weight is 263 g/mol. The van der Waals surface area contributed by atoms with E-state index in [1.54, 1.807) is 6.20 Å². The molecule has 0 saturated heterocycles. The number of halogens is 1. The molecule has 1 aromatic rings. The summed E-state index contributed by atoms with van der Waals surface area (Å²) in [4.78, 5) is 3.78. The van der Waals surface area contributed by atoms with Crippen LogP contribution in [0.1, 0.15) is 76.2 Å². The highest BCUT2D eigenvalue weighted by Gasteiger charge is 2.22. The summed E-state index contributed by atoms with van der Waals surface area (Å²) in [7, 11) is 0. The van der Waals surface area contributed by atoms with Crippen LogP contribution in [0.25, 0.3) is 0 Å². The lowest BCUT2D eigenvalue weighted by atomic mass is 9.77. The standard InChI is InChI=1S/C17H26FN/c1-2-3-4-5-6-14-7-9-15(10-8-14)16-11-12-17(18)19-13-16/h11-15H,2-10H2,1H3/t14-,15-.